The second-order valence-electron chi connectivity index (χ2n) is 1.90. The van der Waals surface area contributed by atoms with Gasteiger partial charge < -0.3 is 10.2 Å². The van der Waals surface area contributed by atoms with Crippen LogP contribution in [0.3, 0.4) is 0 Å². The number of aliphatic hydroxyl groups excluding tert-OH is 2. The van der Waals surface area contributed by atoms with Gasteiger partial charge in [0.1, 0.15) is 0 Å². The number of hydrogen-bond acceptors (Lipinski definition) is 3. The van der Waals surface area contributed by atoms with Gasteiger partial charge in [-0.25, -0.2) is 0 Å². The average Bonchev–Trinajstić information content (AvgIpc) is 1.80. The zero-order valence-corrected chi connectivity index (χ0v) is 6.52. The van der Waals surface area contributed by atoms with E-state index in [-0.39, 0.29) is 12.0 Å². The normalized spacial score (nSPS) is 13.7. The Labute approximate surface area is 60.3 Å². The summed E-state index contributed by atoms with van der Waals surface area (Å²) < 4.78 is 0. The Balaban J connectivity index is 2.75. The number of rotatable bonds is 5. The van der Waals surface area contributed by atoms with Crippen molar-refractivity contribution in [3.63, 3.8) is 0 Å². The van der Waals surface area contributed by atoms with E-state index in [1.165, 1.54) is 11.8 Å². The van der Waals surface area contributed by atoms with Crippen LogP contribution >= 0.6 is 11.8 Å². The molecule has 0 saturated heterocycles. The van der Waals surface area contributed by atoms with Gasteiger partial charge in [-0.15, -0.1) is 11.8 Å². The molecule has 0 aliphatic carbocycles. The van der Waals surface area contributed by atoms with E-state index in [0.717, 1.165) is 18.6 Å². The zero-order chi connectivity index (χ0) is 7.11. The molecule has 0 rings (SSSR count). The number of aliphatic hydroxyl groups is 2. The standard InChI is InChI=1S/C6H14O2S/c1-6(8)9-5-3-2-4-7/h6-8H,2-5H2,1H3. The summed E-state index contributed by atoms with van der Waals surface area (Å²) in [6.07, 6.45) is 1.84. The van der Waals surface area contributed by atoms with Crippen LogP contribution in [0.2, 0.25) is 0 Å². The van der Waals surface area contributed by atoms with Crippen molar-refractivity contribution in [1.29, 1.82) is 0 Å². The van der Waals surface area contributed by atoms with Crippen LogP contribution in [0.5, 0.6) is 0 Å². The van der Waals surface area contributed by atoms with E-state index >= 15 is 0 Å². The molecule has 0 fully saturated rings. The molecule has 0 aliphatic heterocycles. The third kappa shape index (κ3) is 8.27. The summed E-state index contributed by atoms with van der Waals surface area (Å²) in [4.78, 5) is 0. The van der Waals surface area contributed by atoms with Crippen LogP contribution in [0, 0.1) is 0 Å². The molecule has 0 bridgehead atoms. The van der Waals surface area contributed by atoms with Crippen molar-refractivity contribution in [2.75, 3.05) is 12.4 Å². The summed E-state index contributed by atoms with van der Waals surface area (Å²) in [7, 11) is 0. The van der Waals surface area contributed by atoms with Gasteiger partial charge in [0.05, 0.1) is 5.44 Å². The first kappa shape index (κ1) is 9.27. The van der Waals surface area contributed by atoms with Crippen LogP contribution in [0.15, 0.2) is 0 Å². The maximum Gasteiger partial charge on any atom is 0.0964 e. The first-order valence-electron chi connectivity index (χ1n) is 3.18. The minimum absolute atomic E-state index is 0.260. The maximum atomic E-state index is 8.75. The lowest BCUT2D eigenvalue weighted by molar-refractivity contribution is 0.281. The zero-order valence-electron chi connectivity index (χ0n) is 5.71. The Hall–Kier alpha value is 0.270. The molecular weight excluding hydrogens is 136 g/mol. The quantitative estimate of drug-likeness (QED) is 0.450. The topological polar surface area (TPSA) is 40.5 Å². The van der Waals surface area contributed by atoms with Gasteiger partial charge >= 0.3 is 0 Å². The van der Waals surface area contributed by atoms with Gasteiger partial charge in [-0.1, -0.05) is 0 Å². The van der Waals surface area contributed by atoms with Gasteiger partial charge in [-0.3, -0.25) is 0 Å². The first-order valence-corrected chi connectivity index (χ1v) is 4.22. The van der Waals surface area contributed by atoms with Crippen LogP contribution in [-0.2, 0) is 0 Å². The van der Waals surface area contributed by atoms with Crippen LogP contribution in [0.25, 0.3) is 0 Å². The third-order valence-corrected chi connectivity index (χ3v) is 1.92. The number of hydrogen-bond donors (Lipinski definition) is 2. The van der Waals surface area contributed by atoms with Crippen molar-refractivity contribution in [2.45, 2.75) is 25.2 Å². The van der Waals surface area contributed by atoms with Crippen molar-refractivity contribution in [3.05, 3.63) is 0 Å². The van der Waals surface area contributed by atoms with E-state index in [2.05, 4.69) is 0 Å². The minimum atomic E-state index is -0.260. The van der Waals surface area contributed by atoms with Gasteiger partial charge in [-0.2, -0.15) is 0 Å². The molecule has 1 unspecified atom stereocenters. The summed E-state index contributed by atoms with van der Waals surface area (Å²) >= 11 is 1.52. The highest BCUT2D eigenvalue weighted by atomic mass is 32.2. The van der Waals surface area contributed by atoms with Crippen molar-refractivity contribution < 1.29 is 10.2 Å². The molecule has 9 heavy (non-hydrogen) atoms. The summed E-state index contributed by atoms with van der Waals surface area (Å²) in [5, 5.41) is 17.1. The molecule has 0 saturated carbocycles. The monoisotopic (exact) mass is 150 g/mol. The molecule has 2 nitrogen and oxygen atoms in total. The highest BCUT2D eigenvalue weighted by Crippen LogP contribution is 2.08. The van der Waals surface area contributed by atoms with Crippen molar-refractivity contribution in [2.24, 2.45) is 0 Å². The molecule has 0 aromatic heterocycles. The first-order chi connectivity index (χ1) is 4.27. The van der Waals surface area contributed by atoms with Crippen LogP contribution in [0.4, 0.5) is 0 Å². The summed E-state index contributed by atoms with van der Waals surface area (Å²) in [6, 6.07) is 0. The fourth-order valence-corrected chi connectivity index (χ4v) is 1.18. The van der Waals surface area contributed by atoms with Crippen molar-refractivity contribution in [1.82, 2.24) is 0 Å². The fraction of sp³-hybridized carbons (Fsp3) is 1.00. The van der Waals surface area contributed by atoms with E-state index in [9.17, 15) is 0 Å². The van der Waals surface area contributed by atoms with E-state index in [4.69, 9.17) is 10.2 Å². The summed E-state index contributed by atoms with van der Waals surface area (Å²) in [5.74, 6) is 0.943. The molecule has 0 heterocycles. The number of thioether (sulfide) groups is 1. The maximum absolute atomic E-state index is 8.75. The lowest BCUT2D eigenvalue weighted by Gasteiger charge is -2.01. The third-order valence-electron chi connectivity index (χ3n) is 0.912. The predicted molar refractivity (Wildman–Crippen MR) is 40.5 cm³/mol. The Morgan fingerprint density at radius 3 is 2.56 bits per heavy atom. The Morgan fingerprint density at radius 2 is 2.11 bits per heavy atom. The van der Waals surface area contributed by atoms with Crippen molar-refractivity contribution in [3.8, 4) is 0 Å². The molecular formula is C6H14O2S. The second-order valence-corrected chi connectivity index (χ2v) is 3.32. The fourth-order valence-electron chi connectivity index (χ4n) is 0.468. The van der Waals surface area contributed by atoms with Gasteiger partial charge in [0.2, 0.25) is 0 Å². The number of unbranched alkanes of at least 4 members (excludes halogenated alkanes) is 1. The van der Waals surface area contributed by atoms with Crippen LogP contribution < -0.4 is 0 Å². The largest absolute Gasteiger partial charge is 0.396 e. The molecule has 0 radical (unpaired) electrons. The molecule has 0 aliphatic rings. The van der Waals surface area contributed by atoms with Crippen LogP contribution in [-0.4, -0.2) is 28.0 Å². The Bertz CT molecular complexity index is 57.0. The van der Waals surface area contributed by atoms with Gasteiger partial charge in [0.15, 0.2) is 0 Å². The molecule has 0 spiro atoms. The average molecular weight is 150 g/mol. The highest BCUT2D eigenvalue weighted by molar-refractivity contribution is 7.99. The van der Waals surface area contributed by atoms with Crippen LogP contribution in [0.1, 0.15) is 19.8 Å². The Morgan fingerprint density at radius 1 is 1.44 bits per heavy atom. The smallest absolute Gasteiger partial charge is 0.0964 e. The molecule has 0 aromatic carbocycles. The predicted octanol–water partition coefficient (Wildman–Crippen LogP) is 0.830. The SMILES string of the molecule is CC(O)SCCCCO. The minimum Gasteiger partial charge on any atom is -0.396 e. The molecule has 1 atom stereocenters. The molecule has 0 aromatic rings. The summed E-state index contributed by atoms with van der Waals surface area (Å²) in [6.45, 7) is 2.02. The van der Waals surface area contributed by atoms with E-state index < -0.39 is 0 Å². The summed E-state index contributed by atoms with van der Waals surface area (Å²) in [5.41, 5.74) is -0.260. The van der Waals surface area contributed by atoms with Gasteiger partial charge in [0.25, 0.3) is 0 Å². The highest BCUT2D eigenvalue weighted by Gasteiger charge is 1.93. The van der Waals surface area contributed by atoms with Gasteiger partial charge in [-0.05, 0) is 25.5 Å². The molecule has 56 valence electrons. The van der Waals surface area contributed by atoms with E-state index in [1.54, 1.807) is 6.92 Å². The van der Waals surface area contributed by atoms with Crippen molar-refractivity contribution >= 4 is 11.8 Å². The molecule has 3 heteroatoms. The molecule has 0 amide bonds. The molecule has 2 N–H and O–H groups in total. The van der Waals surface area contributed by atoms with E-state index in [0.29, 0.717) is 0 Å². The van der Waals surface area contributed by atoms with Gasteiger partial charge in [0, 0.05) is 6.61 Å². The second kappa shape index (κ2) is 6.39. The Kier molecular flexibility index (Phi) is 6.58. The lowest BCUT2D eigenvalue weighted by Crippen LogP contribution is -1.94. The van der Waals surface area contributed by atoms with E-state index in [1.807, 2.05) is 0 Å². The lowest BCUT2D eigenvalue weighted by atomic mass is 10.4.